The number of anilines is 1. The molecule has 1 amide bonds. The maximum Gasteiger partial charge on any atom is 0.323 e. The van der Waals surface area contributed by atoms with Gasteiger partial charge in [0.2, 0.25) is 5.91 Å². The van der Waals surface area contributed by atoms with E-state index in [9.17, 15) is 9.59 Å². The zero-order valence-electron chi connectivity index (χ0n) is 13.4. The van der Waals surface area contributed by atoms with Crippen LogP contribution < -0.4 is 16.3 Å². The third kappa shape index (κ3) is 2.94. The smallest absolute Gasteiger partial charge is 0.323 e. The summed E-state index contributed by atoms with van der Waals surface area (Å²) < 4.78 is 0. The molecule has 1 unspecified atom stereocenters. The molecular formula is C18H17ClN4O2. The summed E-state index contributed by atoms with van der Waals surface area (Å²) in [5.74, 6) is -0.00675. The summed E-state index contributed by atoms with van der Waals surface area (Å²) in [6, 6.07) is 10.8. The number of hydrogen-bond acceptors (Lipinski definition) is 3. The average molecular weight is 357 g/mol. The third-order valence-electron chi connectivity index (χ3n) is 4.58. The molecule has 1 aliphatic heterocycles. The molecule has 0 fully saturated rings. The number of H-pyrrole nitrogens is 2. The van der Waals surface area contributed by atoms with Gasteiger partial charge < -0.3 is 20.6 Å². The van der Waals surface area contributed by atoms with Gasteiger partial charge in [-0.1, -0.05) is 17.7 Å². The Morgan fingerprint density at radius 3 is 2.84 bits per heavy atom. The Balaban J connectivity index is 1.62. The molecule has 4 N–H and O–H groups in total. The van der Waals surface area contributed by atoms with Crippen molar-refractivity contribution in [3.63, 3.8) is 0 Å². The van der Waals surface area contributed by atoms with E-state index in [-0.39, 0.29) is 24.1 Å². The highest BCUT2D eigenvalue weighted by Gasteiger charge is 2.27. The molecule has 2 aromatic carbocycles. The van der Waals surface area contributed by atoms with E-state index in [1.54, 1.807) is 17.0 Å². The minimum absolute atomic E-state index is 0.00675. The molecule has 4 rings (SSSR count). The number of aromatic nitrogens is 2. The Morgan fingerprint density at radius 1 is 1.20 bits per heavy atom. The van der Waals surface area contributed by atoms with Gasteiger partial charge >= 0.3 is 5.69 Å². The van der Waals surface area contributed by atoms with E-state index in [1.807, 2.05) is 24.3 Å². The number of fused-ring (bicyclic) bond motifs is 2. The first kappa shape index (κ1) is 15.9. The lowest BCUT2D eigenvalue weighted by atomic mass is 9.96. The molecule has 7 heteroatoms. The molecule has 3 aromatic rings. The maximum absolute atomic E-state index is 12.8. The van der Waals surface area contributed by atoms with Crippen molar-refractivity contribution in [2.75, 3.05) is 11.4 Å². The van der Waals surface area contributed by atoms with Gasteiger partial charge in [0.15, 0.2) is 0 Å². The largest absolute Gasteiger partial charge is 0.324 e. The van der Waals surface area contributed by atoms with Crippen LogP contribution in [0.4, 0.5) is 5.69 Å². The second kappa shape index (κ2) is 6.06. The summed E-state index contributed by atoms with van der Waals surface area (Å²) in [5, 5.41) is 0.616. The van der Waals surface area contributed by atoms with Crippen molar-refractivity contribution in [2.45, 2.75) is 18.9 Å². The number of nitrogens with zero attached hydrogens (tertiary/aromatic N) is 1. The number of carbonyl (C=O) groups excluding carboxylic acids is 1. The van der Waals surface area contributed by atoms with Gasteiger partial charge in [0.1, 0.15) is 0 Å². The second-order valence-electron chi connectivity index (χ2n) is 6.28. The van der Waals surface area contributed by atoms with E-state index < -0.39 is 0 Å². The molecule has 0 saturated heterocycles. The van der Waals surface area contributed by atoms with Crippen LogP contribution in [0.5, 0.6) is 0 Å². The van der Waals surface area contributed by atoms with Crippen LogP contribution in [-0.2, 0) is 11.2 Å². The summed E-state index contributed by atoms with van der Waals surface area (Å²) >= 11 is 6.07. The number of aromatic amines is 2. The molecule has 1 atom stereocenters. The molecule has 6 nitrogen and oxygen atoms in total. The van der Waals surface area contributed by atoms with Crippen LogP contribution in [0, 0.1) is 0 Å². The van der Waals surface area contributed by atoms with Crippen molar-refractivity contribution in [2.24, 2.45) is 5.73 Å². The molecular weight excluding hydrogens is 340 g/mol. The average Bonchev–Trinajstić information content (AvgIpc) is 2.95. The summed E-state index contributed by atoms with van der Waals surface area (Å²) in [4.78, 5) is 31.4. The number of imidazole rings is 1. The van der Waals surface area contributed by atoms with Gasteiger partial charge in [-0.3, -0.25) is 4.79 Å². The molecule has 0 spiro atoms. The number of amides is 1. The van der Waals surface area contributed by atoms with Crippen LogP contribution >= 0.6 is 11.6 Å². The van der Waals surface area contributed by atoms with Crippen LogP contribution in [0.25, 0.3) is 11.0 Å². The molecule has 2 heterocycles. The fraction of sp³-hybridized carbons (Fsp3) is 0.222. The van der Waals surface area contributed by atoms with Crippen LogP contribution in [0.1, 0.15) is 23.6 Å². The van der Waals surface area contributed by atoms with Gasteiger partial charge in [0, 0.05) is 23.3 Å². The van der Waals surface area contributed by atoms with Gasteiger partial charge in [-0.2, -0.15) is 0 Å². The van der Waals surface area contributed by atoms with Gasteiger partial charge in [-0.15, -0.1) is 0 Å². The van der Waals surface area contributed by atoms with Crippen molar-refractivity contribution >= 4 is 34.2 Å². The van der Waals surface area contributed by atoms with E-state index in [4.69, 9.17) is 17.3 Å². The summed E-state index contributed by atoms with van der Waals surface area (Å²) in [6.45, 7) is 0.581. The molecule has 128 valence electrons. The van der Waals surface area contributed by atoms with E-state index in [1.165, 1.54) is 0 Å². The number of nitrogens with two attached hydrogens (primary N) is 1. The highest BCUT2D eigenvalue weighted by atomic mass is 35.5. The molecule has 0 aliphatic carbocycles. The monoisotopic (exact) mass is 356 g/mol. The number of carbonyl (C=O) groups is 1. The Bertz CT molecular complexity index is 1020. The van der Waals surface area contributed by atoms with Gasteiger partial charge in [0.05, 0.1) is 17.5 Å². The van der Waals surface area contributed by atoms with Gasteiger partial charge in [-0.25, -0.2) is 4.79 Å². The first-order chi connectivity index (χ1) is 12.0. The first-order valence-electron chi connectivity index (χ1n) is 8.07. The lowest BCUT2D eigenvalue weighted by Gasteiger charge is -2.33. The Hall–Kier alpha value is -2.57. The predicted molar refractivity (Wildman–Crippen MR) is 98.0 cm³/mol. The van der Waals surface area contributed by atoms with Crippen molar-refractivity contribution in [3.8, 4) is 0 Å². The van der Waals surface area contributed by atoms with Crippen molar-refractivity contribution in [3.05, 3.63) is 63.0 Å². The number of hydrogen-bond donors (Lipinski definition) is 3. The minimum atomic E-state index is -0.255. The van der Waals surface area contributed by atoms with E-state index >= 15 is 0 Å². The Morgan fingerprint density at radius 2 is 2.00 bits per heavy atom. The summed E-state index contributed by atoms with van der Waals surface area (Å²) in [6.07, 6.45) is 0.948. The molecule has 1 aromatic heterocycles. The first-order valence-corrected chi connectivity index (χ1v) is 8.45. The van der Waals surface area contributed by atoms with Gasteiger partial charge in [-0.05, 0) is 47.9 Å². The van der Waals surface area contributed by atoms with Crippen molar-refractivity contribution < 1.29 is 4.79 Å². The lowest BCUT2D eigenvalue weighted by Crippen LogP contribution is -2.39. The number of halogens is 1. The maximum atomic E-state index is 12.8. The van der Waals surface area contributed by atoms with Crippen LogP contribution in [0.15, 0.2) is 41.2 Å². The fourth-order valence-corrected chi connectivity index (χ4v) is 3.51. The quantitative estimate of drug-likeness (QED) is 0.658. The predicted octanol–water partition coefficient (Wildman–Crippen LogP) is 2.49. The lowest BCUT2D eigenvalue weighted by molar-refractivity contribution is -0.118. The fourth-order valence-electron chi connectivity index (χ4n) is 3.33. The molecule has 0 saturated carbocycles. The van der Waals surface area contributed by atoms with Crippen molar-refractivity contribution in [1.29, 1.82) is 0 Å². The van der Waals surface area contributed by atoms with E-state index in [0.717, 1.165) is 22.3 Å². The topological polar surface area (TPSA) is 95.0 Å². The highest BCUT2D eigenvalue weighted by molar-refractivity contribution is 6.30. The molecule has 1 aliphatic rings. The summed E-state index contributed by atoms with van der Waals surface area (Å²) in [7, 11) is 0. The van der Waals surface area contributed by atoms with Crippen molar-refractivity contribution in [1.82, 2.24) is 9.97 Å². The molecule has 25 heavy (non-hydrogen) atoms. The van der Waals surface area contributed by atoms with Gasteiger partial charge in [0.25, 0.3) is 0 Å². The SMILES string of the molecule is NC1CCN(C(=O)Cc2ccc3[nH]c(=O)[nH]c3c2)c2ccc(Cl)cc21. The Labute approximate surface area is 148 Å². The Kier molecular flexibility index (Phi) is 3.86. The third-order valence-corrected chi connectivity index (χ3v) is 4.82. The zero-order chi connectivity index (χ0) is 17.6. The van der Waals surface area contributed by atoms with Crippen LogP contribution in [-0.4, -0.2) is 22.4 Å². The minimum Gasteiger partial charge on any atom is -0.324 e. The normalized spacial score (nSPS) is 16.9. The van der Waals surface area contributed by atoms with Crippen LogP contribution in [0.2, 0.25) is 5.02 Å². The number of benzene rings is 2. The molecule has 0 bridgehead atoms. The van der Waals surface area contributed by atoms with E-state index in [2.05, 4.69) is 9.97 Å². The second-order valence-corrected chi connectivity index (χ2v) is 6.72. The zero-order valence-corrected chi connectivity index (χ0v) is 14.1. The van der Waals surface area contributed by atoms with Crippen LogP contribution in [0.3, 0.4) is 0 Å². The van der Waals surface area contributed by atoms with E-state index in [0.29, 0.717) is 23.5 Å². The highest BCUT2D eigenvalue weighted by Crippen LogP contribution is 2.34. The number of nitrogens with one attached hydrogen (secondary N) is 2. The standard InChI is InChI=1S/C18H17ClN4O2/c19-11-2-4-16-12(9-11)13(20)5-6-23(16)17(24)8-10-1-3-14-15(7-10)22-18(25)21-14/h1-4,7,9,13H,5-6,8,20H2,(H2,21,22,25). The molecule has 0 radical (unpaired) electrons. The summed E-state index contributed by atoms with van der Waals surface area (Å²) in [5.41, 5.74) is 9.90. The number of rotatable bonds is 2.